The van der Waals surface area contributed by atoms with E-state index in [1.54, 1.807) is 36.4 Å². The van der Waals surface area contributed by atoms with Crippen LogP contribution in [0.15, 0.2) is 47.6 Å². The molecule has 0 atom stereocenters. The van der Waals surface area contributed by atoms with E-state index in [4.69, 9.17) is 25.8 Å². The highest BCUT2D eigenvalue weighted by atomic mass is 35.5. The molecule has 4 rings (SSSR count). The predicted molar refractivity (Wildman–Crippen MR) is 132 cm³/mol. The molecular formula is C23H26ClN5O5S. The summed E-state index contributed by atoms with van der Waals surface area (Å²) in [6.45, 7) is 4.03. The molecule has 0 aliphatic carbocycles. The van der Waals surface area contributed by atoms with Crippen molar-refractivity contribution in [1.29, 1.82) is 0 Å². The molecule has 1 fully saturated rings. The number of nitrogens with one attached hydrogen (secondary N) is 1. The van der Waals surface area contributed by atoms with Crippen molar-refractivity contribution in [3.05, 3.63) is 53.3 Å². The van der Waals surface area contributed by atoms with Crippen LogP contribution in [0.1, 0.15) is 18.9 Å². The lowest BCUT2D eigenvalue weighted by Crippen LogP contribution is -2.37. The second-order valence-electron chi connectivity index (χ2n) is 7.67. The molecular weight excluding hydrogens is 494 g/mol. The van der Waals surface area contributed by atoms with E-state index in [1.165, 1.54) is 13.3 Å². The highest BCUT2D eigenvalue weighted by Gasteiger charge is 2.27. The number of hydrogen-bond acceptors (Lipinski definition) is 9. The molecule has 0 amide bonds. The molecule has 3 aromatic rings. The van der Waals surface area contributed by atoms with Gasteiger partial charge in [0.25, 0.3) is 10.0 Å². The van der Waals surface area contributed by atoms with Crippen LogP contribution in [0.3, 0.4) is 0 Å². The first-order valence-corrected chi connectivity index (χ1v) is 13.0. The van der Waals surface area contributed by atoms with E-state index in [0.29, 0.717) is 49.8 Å². The molecule has 3 heterocycles. The lowest BCUT2D eigenvalue weighted by Gasteiger charge is -2.27. The van der Waals surface area contributed by atoms with Crippen LogP contribution in [0.2, 0.25) is 5.15 Å². The third-order valence-corrected chi connectivity index (χ3v) is 6.84. The Morgan fingerprint density at radius 1 is 1.11 bits per heavy atom. The van der Waals surface area contributed by atoms with Gasteiger partial charge in [-0.25, -0.2) is 4.98 Å². The van der Waals surface area contributed by atoms with Gasteiger partial charge in [-0.3, -0.25) is 4.72 Å². The van der Waals surface area contributed by atoms with Gasteiger partial charge in [0, 0.05) is 19.3 Å². The predicted octanol–water partition coefficient (Wildman–Crippen LogP) is 3.92. The number of aryl methyl sites for hydroxylation is 1. The quantitative estimate of drug-likeness (QED) is 0.420. The molecule has 0 spiro atoms. The number of nitrogens with zero attached hydrogens (tertiary/aromatic N) is 4. The van der Waals surface area contributed by atoms with Crippen molar-refractivity contribution >= 4 is 33.4 Å². The van der Waals surface area contributed by atoms with Crippen molar-refractivity contribution in [1.82, 2.24) is 15.0 Å². The van der Waals surface area contributed by atoms with E-state index in [-0.39, 0.29) is 27.7 Å². The second kappa shape index (κ2) is 11.1. The first-order valence-electron chi connectivity index (χ1n) is 11.1. The third kappa shape index (κ3) is 5.75. The molecule has 2 aromatic heterocycles. The van der Waals surface area contributed by atoms with Crippen molar-refractivity contribution in [3.8, 4) is 17.2 Å². The van der Waals surface area contributed by atoms with Crippen LogP contribution in [0.5, 0.6) is 17.2 Å². The van der Waals surface area contributed by atoms with Crippen LogP contribution in [-0.4, -0.2) is 56.8 Å². The Bertz CT molecular complexity index is 1290. The molecule has 1 aliphatic heterocycles. The Balaban J connectivity index is 1.79. The van der Waals surface area contributed by atoms with Gasteiger partial charge in [-0.2, -0.15) is 18.4 Å². The Labute approximate surface area is 209 Å². The summed E-state index contributed by atoms with van der Waals surface area (Å²) in [5, 5.41) is -0.132. The lowest BCUT2D eigenvalue weighted by atomic mass is 10.2. The average Bonchev–Trinajstić information content (AvgIpc) is 2.87. The lowest BCUT2D eigenvalue weighted by molar-refractivity contribution is 0.122. The van der Waals surface area contributed by atoms with Crippen molar-refractivity contribution in [2.45, 2.75) is 24.8 Å². The molecule has 10 nitrogen and oxygen atoms in total. The summed E-state index contributed by atoms with van der Waals surface area (Å²) in [4.78, 5) is 14.8. The topological polar surface area (TPSA) is 116 Å². The number of anilines is 2. The number of halogens is 1. The average molecular weight is 520 g/mol. The highest BCUT2D eigenvalue weighted by molar-refractivity contribution is 7.92. The van der Waals surface area contributed by atoms with Crippen LogP contribution in [0.25, 0.3) is 0 Å². The van der Waals surface area contributed by atoms with Crippen molar-refractivity contribution in [2.24, 2.45) is 0 Å². The first kappa shape index (κ1) is 25.0. The van der Waals surface area contributed by atoms with Gasteiger partial charge in [0.2, 0.25) is 11.7 Å². The molecule has 1 aromatic carbocycles. The smallest absolute Gasteiger partial charge is 0.280 e. The number of hydrogen-bond donors (Lipinski definition) is 1. The van der Waals surface area contributed by atoms with E-state index in [1.807, 2.05) is 11.8 Å². The Kier molecular flexibility index (Phi) is 7.89. The van der Waals surface area contributed by atoms with Crippen molar-refractivity contribution < 1.29 is 22.6 Å². The summed E-state index contributed by atoms with van der Waals surface area (Å²) in [5.41, 5.74) is 0.600. The van der Waals surface area contributed by atoms with E-state index in [9.17, 15) is 8.42 Å². The highest BCUT2D eigenvalue weighted by Crippen LogP contribution is 2.40. The van der Waals surface area contributed by atoms with Gasteiger partial charge in [0.1, 0.15) is 0 Å². The number of aromatic nitrogens is 3. The minimum atomic E-state index is -4.13. The zero-order valence-electron chi connectivity index (χ0n) is 19.4. The Morgan fingerprint density at radius 2 is 1.86 bits per heavy atom. The number of methoxy groups -OCH3 is 1. The normalized spacial score (nSPS) is 14.0. The van der Waals surface area contributed by atoms with E-state index >= 15 is 0 Å². The fraction of sp³-hybridized carbons (Fsp3) is 0.348. The number of sulfonamides is 1. The van der Waals surface area contributed by atoms with Gasteiger partial charge in [-0.05, 0) is 30.2 Å². The maximum Gasteiger partial charge on any atom is 0.280 e. The summed E-state index contributed by atoms with van der Waals surface area (Å²) in [5.74, 6) is 0.863. The van der Waals surface area contributed by atoms with Gasteiger partial charge in [-0.15, -0.1) is 0 Å². The molecule has 12 heteroatoms. The van der Waals surface area contributed by atoms with Crippen LogP contribution in [-0.2, 0) is 21.2 Å². The zero-order chi connectivity index (χ0) is 24.8. The van der Waals surface area contributed by atoms with E-state index in [0.717, 1.165) is 6.42 Å². The molecule has 0 saturated carbocycles. The summed E-state index contributed by atoms with van der Waals surface area (Å²) in [6, 6.07) is 10.4. The number of benzene rings is 1. The summed E-state index contributed by atoms with van der Waals surface area (Å²) >= 11 is 6.53. The number of ether oxygens (including phenoxy) is 3. The number of para-hydroxylation sites is 2. The maximum atomic E-state index is 13.4. The molecule has 35 heavy (non-hydrogen) atoms. The Hall–Kier alpha value is -3.15. The molecule has 1 saturated heterocycles. The van der Waals surface area contributed by atoms with Gasteiger partial charge in [0.15, 0.2) is 27.5 Å². The summed E-state index contributed by atoms with van der Waals surface area (Å²) in [6.07, 6.45) is 2.75. The first-order chi connectivity index (χ1) is 16.9. The zero-order valence-corrected chi connectivity index (χ0v) is 21.0. The van der Waals surface area contributed by atoms with Gasteiger partial charge in [0.05, 0.1) is 20.3 Å². The van der Waals surface area contributed by atoms with Gasteiger partial charge >= 0.3 is 0 Å². The van der Waals surface area contributed by atoms with Gasteiger partial charge < -0.3 is 19.1 Å². The van der Waals surface area contributed by atoms with Crippen LogP contribution in [0.4, 0.5) is 11.8 Å². The Morgan fingerprint density at radius 3 is 2.57 bits per heavy atom. The minimum Gasteiger partial charge on any atom is -0.493 e. The van der Waals surface area contributed by atoms with Crippen LogP contribution in [0, 0.1) is 0 Å². The second-order valence-corrected chi connectivity index (χ2v) is 9.62. The standard InChI is InChI=1S/C23H26ClN5O5S/c1-3-7-16-8-6-11-25-22(16)35(30,31)28-21-19(34-18-10-5-4-9-17(18)32-2)20(24)26-23(27-21)29-12-14-33-15-13-29/h4-6,8-11H,3,7,12-15H2,1-2H3,(H,26,27,28). The molecule has 186 valence electrons. The largest absolute Gasteiger partial charge is 0.493 e. The third-order valence-electron chi connectivity index (χ3n) is 5.24. The molecule has 1 aliphatic rings. The van der Waals surface area contributed by atoms with Crippen molar-refractivity contribution in [3.63, 3.8) is 0 Å². The van der Waals surface area contributed by atoms with Crippen LogP contribution >= 0.6 is 11.6 Å². The van der Waals surface area contributed by atoms with Crippen LogP contribution < -0.4 is 19.1 Å². The molecule has 0 bridgehead atoms. The SMILES string of the molecule is CCCc1cccnc1S(=O)(=O)Nc1nc(N2CCOCC2)nc(Cl)c1Oc1ccccc1OC. The molecule has 0 unspecified atom stereocenters. The number of rotatable bonds is 9. The van der Waals surface area contributed by atoms with E-state index < -0.39 is 10.0 Å². The monoisotopic (exact) mass is 519 g/mol. The van der Waals surface area contributed by atoms with Crippen molar-refractivity contribution in [2.75, 3.05) is 43.0 Å². The molecule has 1 N–H and O–H groups in total. The summed E-state index contributed by atoms with van der Waals surface area (Å²) < 4.78 is 46.1. The number of morpholine rings is 1. The van der Waals surface area contributed by atoms with Gasteiger partial charge in [-0.1, -0.05) is 43.1 Å². The maximum absolute atomic E-state index is 13.4. The number of pyridine rings is 1. The fourth-order valence-electron chi connectivity index (χ4n) is 3.59. The minimum absolute atomic E-state index is 0.0512. The fourth-order valence-corrected chi connectivity index (χ4v) is 5.00. The molecule has 0 radical (unpaired) electrons. The van der Waals surface area contributed by atoms with E-state index in [2.05, 4.69) is 19.7 Å². The summed E-state index contributed by atoms with van der Waals surface area (Å²) in [7, 11) is -2.62.